The minimum Gasteiger partial charge on any atom is -0.472 e. The van der Waals surface area contributed by atoms with Crippen LogP contribution in [0.2, 0.25) is 5.15 Å². The van der Waals surface area contributed by atoms with Crippen molar-refractivity contribution in [2.24, 2.45) is 4.99 Å². The number of hydrogen-bond donors (Lipinski definition) is 0. The third kappa shape index (κ3) is 4.12. The number of aromatic nitrogens is 1. The molecule has 0 N–H and O–H groups in total. The van der Waals surface area contributed by atoms with Gasteiger partial charge in [-0.15, -0.1) is 12.4 Å². The normalized spacial score (nSPS) is 14.3. The van der Waals surface area contributed by atoms with Crippen LogP contribution in [-0.2, 0) is 6.54 Å². The molecule has 0 spiro atoms. The lowest BCUT2D eigenvalue weighted by Gasteiger charge is -2.18. The van der Waals surface area contributed by atoms with Crippen molar-refractivity contribution in [3.8, 4) is 0 Å². The van der Waals surface area contributed by atoms with Gasteiger partial charge in [0.15, 0.2) is 0 Å². The Kier molecular flexibility index (Phi) is 5.94. The summed E-state index contributed by atoms with van der Waals surface area (Å²) < 4.78 is 4.95. The quantitative estimate of drug-likeness (QED) is 0.459. The van der Waals surface area contributed by atoms with Crippen molar-refractivity contribution in [2.45, 2.75) is 6.54 Å². The molecule has 1 aliphatic heterocycles. The molecule has 0 unspecified atom stereocenters. The minimum absolute atomic E-state index is 0. The van der Waals surface area contributed by atoms with Crippen molar-refractivity contribution < 1.29 is 9.34 Å². The first-order valence-electron chi connectivity index (χ1n) is 6.92. The average Bonchev–Trinajstić information content (AvgIpc) is 3.18. The summed E-state index contributed by atoms with van der Waals surface area (Å²) in [5.74, 6) is 0.367. The Morgan fingerprint density at radius 2 is 2.29 bits per heavy atom. The van der Waals surface area contributed by atoms with Gasteiger partial charge in [0.2, 0.25) is 5.84 Å². The van der Waals surface area contributed by atoms with Gasteiger partial charge in [0.1, 0.15) is 5.15 Å². The number of hydrogen-bond acceptors (Lipinski definition) is 6. The van der Waals surface area contributed by atoms with Gasteiger partial charge in [-0.2, -0.15) is 0 Å². The van der Waals surface area contributed by atoms with Gasteiger partial charge in [-0.25, -0.2) is 4.98 Å². The molecular weight excluding hydrogens is 355 g/mol. The summed E-state index contributed by atoms with van der Waals surface area (Å²) in [6.07, 6.45) is 6.04. The summed E-state index contributed by atoms with van der Waals surface area (Å²) >= 11 is 5.77. The van der Waals surface area contributed by atoms with Crippen molar-refractivity contribution in [1.29, 1.82) is 0 Å². The lowest BCUT2D eigenvalue weighted by atomic mass is 10.2. The maximum atomic E-state index is 11.4. The fourth-order valence-electron chi connectivity index (χ4n) is 2.31. The smallest absolute Gasteiger partial charge is 0.311 e. The maximum absolute atomic E-state index is 11.4. The van der Waals surface area contributed by atoms with Crippen LogP contribution in [0.4, 0.5) is 0 Å². The van der Waals surface area contributed by atoms with Crippen LogP contribution in [0.5, 0.6) is 0 Å². The highest BCUT2D eigenvalue weighted by atomic mass is 35.5. The fraction of sp³-hybridized carbons (Fsp3) is 0.200. The molecule has 0 fully saturated rings. The first-order chi connectivity index (χ1) is 11.1. The third-order valence-corrected chi connectivity index (χ3v) is 3.59. The molecule has 2 aromatic heterocycles. The summed E-state index contributed by atoms with van der Waals surface area (Å²) in [7, 11) is 0. The van der Waals surface area contributed by atoms with Crippen LogP contribution in [0.15, 0.2) is 52.0 Å². The largest absolute Gasteiger partial charge is 0.472 e. The zero-order valence-corrected chi connectivity index (χ0v) is 14.0. The van der Waals surface area contributed by atoms with E-state index in [-0.39, 0.29) is 18.1 Å². The number of aliphatic imine (C=N–C) groups is 1. The molecule has 0 aromatic carbocycles. The molecule has 0 amide bonds. The lowest BCUT2D eigenvalue weighted by Crippen LogP contribution is -2.30. The van der Waals surface area contributed by atoms with Crippen LogP contribution in [0.25, 0.3) is 6.08 Å². The number of nitrogens with zero attached hydrogens (tertiary/aromatic N) is 4. The fourth-order valence-corrected chi connectivity index (χ4v) is 2.43. The second-order valence-corrected chi connectivity index (χ2v) is 5.35. The van der Waals surface area contributed by atoms with Gasteiger partial charge in [0.05, 0.1) is 24.0 Å². The van der Waals surface area contributed by atoms with Crippen molar-refractivity contribution in [1.82, 2.24) is 9.88 Å². The molecule has 0 aliphatic carbocycles. The van der Waals surface area contributed by atoms with Gasteiger partial charge in [0, 0.05) is 30.9 Å². The average molecular weight is 369 g/mol. The highest BCUT2D eigenvalue weighted by Crippen LogP contribution is 2.18. The SMILES string of the molecule is Cl.O=[N+]([O-])/C(=C\c1ccoc1)C1=NCCN1Cc1ccc(Cl)nc1. The maximum Gasteiger partial charge on any atom is 0.311 e. The molecule has 3 heterocycles. The molecule has 7 nitrogen and oxygen atoms in total. The van der Waals surface area contributed by atoms with E-state index >= 15 is 0 Å². The van der Waals surface area contributed by atoms with E-state index in [9.17, 15) is 10.1 Å². The summed E-state index contributed by atoms with van der Waals surface area (Å²) in [6.45, 7) is 1.63. The van der Waals surface area contributed by atoms with Gasteiger partial charge >= 0.3 is 5.70 Å². The zero-order chi connectivity index (χ0) is 16.2. The molecule has 0 atom stereocenters. The number of pyridine rings is 1. The summed E-state index contributed by atoms with van der Waals surface area (Å²) in [6, 6.07) is 5.20. The Morgan fingerprint density at radius 1 is 1.46 bits per heavy atom. The Bertz CT molecular complexity index is 758. The van der Waals surface area contributed by atoms with Crippen molar-refractivity contribution >= 4 is 35.9 Å². The standard InChI is InChI=1S/C15H13ClN4O3.ClH/c16-14-2-1-12(8-18-14)9-19-5-4-17-15(19)13(20(21)22)7-11-3-6-23-10-11;/h1-3,6-8,10H,4-5,9H2;1H/b13-7-;. The number of furan rings is 1. The molecule has 24 heavy (non-hydrogen) atoms. The van der Waals surface area contributed by atoms with Gasteiger partial charge in [0.25, 0.3) is 0 Å². The van der Waals surface area contributed by atoms with E-state index in [1.165, 1.54) is 18.6 Å². The van der Waals surface area contributed by atoms with Crippen molar-refractivity contribution in [3.63, 3.8) is 0 Å². The highest BCUT2D eigenvalue weighted by molar-refractivity contribution is 6.29. The van der Waals surface area contributed by atoms with Crippen LogP contribution in [-0.4, -0.2) is 33.7 Å². The van der Waals surface area contributed by atoms with Crippen LogP contribution in [0.1, 0.15) is 11.1 Å². The predicted octanol–water partition coefficient (Wildman–Crippen LogP) is 3.28. The van der Waals surface area contributed by atoms with Gasteiger partial charge < -0.3 is 9.32 Å². The van der Waals surface area contributed by atoms with Crippen molar-refractivity contribution in [2.75, 3.05) is 13.1 Å². The van der Waals surface area contributed by atoms with E-state index in [4.69, 9.17) is 16.0 Å². The molecule has 3 rings (SSSR count). The van der Waals surface area contributed by atoms with E-state index in [1.807, 2.05) is 11.0 Å². The molecule has 0 radical (unpaired) electrons. The van der Waals surface area contributed by atoms with Gasteiger partial charge in [-0.3, -0.25) is 15.1 Å². The second kappa shape index (κ2) is 7.94. The second-order valence-electron chi connectivity index (χ2n) is 4.96. The van der Waals surface area contributed by atoms with Crippen molar-refractivity contribution in [3.05, 3.63) is 69.0 Å². The van der Waals surface area contributed by atoms with E-state index in [2.05, 4.69) is 9.98 Å². The molecule has 126 valence electrons. The monoisotopic (exact) mass is 368 g/mol. The molecule has 1 aliphatic rings. The Labute approximate surface area is 149 Å². The highest BCUT2D eigenvalue weighted by Gasteiger charge is 2.29. The minimum atomic E-state index is -0.426. The molecular formula is C15H14Cl2N4O3. The predicted molar refractivity (Wildman–Crippen MR) is 92.9 cm³/mol. The van der Waals surface area contributed by atoms with Gasteiger partial charge in [-0.1, -0.05) is 17.7 Å². The molecule has 0 saturated heterocycles. The van der Waals surface area contributed by atoms with E-state index in [0.717, 1.165) is 5.56 Å². The van der Waals surface area contributed by atoms with Crippen LogP contribution >= 0.6 is 24.0 Å². The Balaban J connectivity index is 0.00000208. The van der Waals surface area contributed by atoms with Crippen LogP contribution < -0.4 is 0 Å². The topological polar surface area (TPSA) is 84.8 Å². The van der Waals surface area contributed by atoms with Crippen LogP contribution in [0.3, 0.4) is 0 Å². The molecule has 9 heteroatoms. The zero-order valence-electron chi connectivity index (χ0n) is 12.5. The Hall–Kier alpha value is -2.38. The number of rotatable bonds is 5. The number of halogens is 2. The molecule has 0 bridgehead atoms. The van der Waals surface area contributed by atoms with Gasteiger partial charge in [-0.05, 0) is 17.7 Å². The Morgan fingerprint density at radius 3 is 2.92 bits per heavy atom. The summed E-state index contributed by atoms with van der Waals surface area (Å²) in [4.78, 5) is 21.2. The van der Waals surface area contributed by atoms with E-state index < -0.39 is 4.92 Å². The first kappa shape index (κ1) is 18.0. The molecule has 0 saturated carbocycles. The summed E-state index contributed by atoms with van der Waals surface area (Å²) in [5, 5.41) is 11.8. The third-order valence-electron chi connectivity index (χ3n) is 3.37. The molecule has 2 aromatic rings. The number of amidine groups is 1. The van der Waals surface area contributed by atoms with E-state index in [0.29, 0.717) is 36.2 Å². The van der Waals surface area contributed by atoms with Crippen LogP contribution in [0, 0.1) is 10.1 Å². The number of nitro groups is 1. The lowest BCUT2D eigenvalue weighted by molar-refractivity contribution is -0.414. The summed E-state index contributed by atoms with van der Waals surface area (Å²) in [5.41, 5.74) is 1.49. The van der Waals surface area contributed by atoms with E-state index in [1.54, 1.807) is 18.3 Å². The first-order valence-corrected chi connectivity index (χ1v) is 7.30.